The van der Waals surface area contributed by atoms with Crippen LogP contribution in [0, 0.1) is 3.57 Å². The molecule has 1 heterocycles. The predicted molar refractivity (Wildman–Crippen MR) is 75.6 cm³/mol. The number of Topliss-reactive ketones (excluding diaryl/α,β-unsaturated/α-hetero) is 2. The number of nitrogens with zero attached hydrogens (tertiary/aromatic N) is 2. The van der Waals surface area contributed by atoms with Gasteiger partial charge in [0.15, 0.2) is 11.6 Å². The van der Waals surface area contributed by atoms with Gasteiger partial charge in [-0.15, -0.1) is 0 Å². The average molecular weight is 354 g/mol. The number of rotatable bonds is 4. The molecule has 0 aliphatic heterocycles. The average Bonchev–Trinajstić information content (AvgIpc) is 2.76. The van der Waals surface area contributed by atoms with E-state index in [0.29, 0.717) is 11.1 Å². The van der Waals surface area contributed by atoms with Crippen LogP contribution in [0.5, 0.6) is 0 Å². The molecule has 0 bridgehead atoms. The number of halogens is 1. The van der Waals surface area contributed by atoms with Gasteiger partial charge in [0.1, 0.15) is 0 Å². The van der Waals surface area contributed by atoms with E-state index in [9.17, 15) is 9.59 Å². The molecule has 0 saturated carbocycles. The SMILES string of the molecule is Cn1cc(C(=O)CC(=O)c2ccc(I)cc2)cn1. The van der Waals surface area contributed by atoms with Crippen LogP contribution < -0.4 is 0 Å². The van der Waals surface area contributed by atoms with Gasteiger partial charge in [-0.2, -0.15) is 5.10 Å². The topological polar surface area (TPSA) is 52.0 Å². The van der Waals surface area contributed by atoms with Crippen LogP contribution in [0.1, 0.15) is 27.1 Å². The minimum absolute atomic E-state index is 0.119. The summed E-state index contributed by atoms with van der Waals surface area (Å²) in [6.07, 6.45) is 2.97. The fourth-order valence-corrected chi connectivity index (χ4v) is 1.91. The van der Waals surface area contributed by atoms with Crippen molar-refractivity contribution in [3.8, 4) is 0 Å². The van der Waals surface area contributed by atoms with Crippen molar-refractivity contribution in [2.24, 2.45) is 7.05 Å². The number of ketones is 2. The summed E-state index contributed by atoms with van der Waals surface area (Å²) in [4.78, 5) is 23.7. The summed E-state index contributed by atoms with van der Waals surface area (Å²) in [6.45, 7) is 0. The van der Waals surface area contributed by atoms with Crippen LogP contribution in [0.15, 0.2) is 36.7 Å². The van der Waals surface area contributed by atoms with Gasteiger partial charge in [-0.3, -0.25) is 14.3 Å². The van der Waals surface area contributed by atoms with Gasteiger partial charge in [0.05, 0.1) is 18.2 Å². The van der Waals surface area contributed by atoms with E-state index in [2.05, 4.69) is 27.7 Å². The van der Waals surface area contributed by atoms with Crippen molar-refractivity contribution in [1.82, 2.24) is 9.78 Å². The maximum atomic E-state index is 11.9. The molecule has 4 nitrogen and oxygen atoms in total. The minimum atomic E-state index is -0.202. The van der Waals surface area contributed by atoms with Gasteiger partial charge in [-0.1, -0.05) is 12.1 Å². The quantitative estimate of drug-likeness (QED) is 0.482. The van der Waals surface area contributed by atoms with Crippen LogP contribution in [0.2, 0.25) is 0 Å². The molecule has 0 radical (unpaired) electrons. The number of hydrogen-bond donors (Lipinski definition) is 0. The molecular weight excluding hydrogens is 343 g/mol. The molecule has 0 atom stereocenters. The predicted octanol–water partition coefficient (Wildman–Crippen LogP) is 2.48. The molecule has 1 aromatic carbocycles. The summed E-state index contributed by atoms with van der Waals surface area (Å²) in [5.74, 6) is -0.369. The molecule has 0 spiro atoms. The second kappa shape index (κ2) is 5.43. The Hall–Kier alpha value is -1.50. The number of benzene rings is 1. The van der Waals surface area contributed by atoms with Gasteiger partial charge >= 0.3 is 0 Å². The van der Waals surface area contributed by atoms with Gasteiger partial charge < -0.3 is 0 Å². The third kappa shape index (κ3) is 3.04. The number of carbonyl (C=O) groups excluding carboxylic acids is 2. The van der Waals surface area contributed by atoms with Crippen LogP contribution in [0.25, 0.3) is 0 Å². The highest BCUT2D eigenvalue weighted by Gasteiger charge is 2.14. The summed E-state index contributed by atoms with van der Waals surface area (Å²) in [7, 11) is 1.73. The van der Waals surface area contributed by atoms with Gasteiger partial charge in [0.25, 0.3) is 0 Å². The third-order valence-electron chi connectivity index (χ3n) is 2.51. The van der Waals surface area contributed by atoms with Crippen molar-refractivity contribution in [2.45, 2.75) is 6.42 Å². The molecule has 2 rings (SSSR count). The third-order valence-corrected chi connectivity index (χ3v) is 3.23. The summed E-state index contributed by atoms with van der Waals surface area (Å²) in [5.41, 5.74) is 1.03. The Morgan fingerprint density at radius 3 is 2.33 bits per heavy atom. The van der Waals surface area contributed by atoms with Crippen molar-refractivity contribution in [2.75, 3.05) is 0 Å². The zero-order valence-electron chi connectivity index (χ0n) is 9.76. The summed E-state index contributed by atoms with van der Waals surface area (Å²) in [5, 5.41) is 3.91. The van der Waals surface area contributed by atoms with Crippen LogP contribution in [0.3, 0.4) is 0 Å². The first-order chi connectivity index (χ1) is 8.56. The Morgan fingerprint density at radius 1 is 1.17 bits per heavy atom. The second-order valence-electron chi connectivity index (χ2n) is 3.93. The molecule has 0 aliphatic carbocycles. The number of aryl methyl sites for hydroxylation is 1. The van der Waals surface area contributed by atoms with E-state index >= 15 is 0 Å². The zero-order valence-corrected chi connectivity index (χ0v) is 11.9. The monoisotopic (exact) mass is 354 g/mol. The first-order valence-electron chi connectivity index (χ1n) is 5.37. The van der Waals surface area contributed by atoms with E-state index in [1.165, 1.54) is 6.20 Å². The van der Waals surface area contributed by atoms with Gasteiger partial charge in [-0.05, 0) is 34.7 Å². The van der Waals surface area contributed by atoms with Gasteiger partial charge in [-0.25, -0.2) is 0 Å². The molecule has 0 amide bonds. The van der Waals surface area contributed by atoms with Crippen LogP contribution in [0.4, 0.5) is 0 Å². The summed E-state index contributed by atoms with van der Waals surface area (Å²) < 4.78 is 2.60. The van der Waals surface area contributed by atoms with Gasteiger partial charge in [0.2, 0.25) is 0 Å². The lowest BCUT2D eigenvalue weighted by molar-refractivity contribution is 0.0894. The highest BCUT2D eigenvalue weighted by Crippen LogP contribution is 2.11. The number of hydrogen-bond acceptors (Lipinski definition) is 3. The smallest absolute Gasteiger partial charge is 0.173 e. The molecule has 1 aromatic heterocycles. The van der Waals surface area contributed by atoms with E-state index < -0.39 is 0 Å². The van der Waals surface area contributed by atoms with Crippen molar-refractivity contribution in [3.63, 3.8) is 0 Å². The molecule has 2 aromatic rings. The van der Waals surface area contributed by atoms with Crippen LogP contribution in [-0.4, -0.2) is 21.3 Å². The molecule has 0 N–H and O–H groups in total. The maximum Gasteiger partial charge on any atom is 0.173 e. The highest BCUT2D eigenvalue weighted by atomic mass is 127. The maximum absolute atomic E-state index is 11.9. The molecule has 0 aliphatic rings. The normalized spacial score (nSPS) is 10.3. The van der Waals surface area contributed by atoms with Crippen LogP contribution >= 0.6 is 22.6 Å². The molecule has 18 heavy (non-hydrogen) atoms. The molecular formula is C13H11IN2O2. The standard InChI is InChI=1S/C13H11IN2O2/c1-16-8-10(7-15-16)13(18)6-12(17)9-2-4-11(14)5-3-9/h2-5,7-8H,6H2,1H3. The number of aromatic nitrogens is 2. The lowest BCUT2D eigenvalue weighted by atomic mass is 10.0. The lowest BCUT2D eigenvalue weighted by Crippen LogP contribution is -2.08. The van der Waals surface area contributed by atoms with E-state index in [1.807, 2.05) is 12.1 Å². The van der Waals surface area contributed by atoms with Crippen molar-refractivity contribution in [3.05, 3.63) is 51.4 Å². The molecule has 92 valence electrons. The van der Waals surface area contributed by atoms with Crippen molar-refractivity contribution in [1.29, 1.82) is 0 Å². The fraction of sp³-hybridized carbons (Fsp3) is 0.154. The zero-order chi connectivity index (χ0) is 13.1. The molecule has 5 heteroatoms. The first kappa shape index (κ1) is 12.9. The van der Waals surface area contributed by atoms with Gasteiger partial charge in [0, 0.05) is 22.4 Å². The number of carbonyl (C=O) groups is 2. The Morgan fingerprint density at radius 2 is 1.78 bits per heavy atom. The minimum Gasteiger partial charge on any atom is -0.294 e. The fourth-order valence-electron chi connectivity index (χ4n) is 1.55. The molecule has 0 fully saturated rings. The molecule has 0 unspecified atom stereocenters. The Labute approximate surface area is 118 Å². The van der Waals surface area contributed by atoms with E-state index in [-0.39, 0.29) is 18.0 Å². The Kier molecular flexibility index (Phi) is 3.90. The lowest BCUT2D eigenvalue weighted by Gasteiger charge is -1.99. The largest absolute Gasteiger partial charge is 0.294 e. The van der Waals surface area contributed by atoms with E-state index in [1.54, 1.807) is 30.1 Å². The Balaban J connectivity index is 2.08. The van der Waals surface area contributed by atoms with Crippen LogP contribution in [-0.2, 0) is 7.05 Å². The van der Waals surface area contributed by atoms with Crippen molar-refractivity contribution < 1.29 is 9.59 Å². The van der Waals surface area contributed by atoms with Crippen molar-refractivity contribution >= 4 is 34.2 Å². The summed E-state index contributed by atoms with van der Waals surface area (Å²) in [6, 6.07) is 7.17. The Bertz CT molecular complexity index is 587. The first-order valence-corrected chi connectivity index (χ1v) is 6.45. The molecule has 0 saturated heterocycles. The van der Waals surface area contributed by atoms with E-state index in [4.69, 9.17) is 0 Å². The highest BCUT2D eigenvalue weighted by molar-refractivity contribution is 14.1. The second-order valence-corrected chi connectivity index (χ2v) is 5.18. The van der Waals surface area contributed by atoms with E-state index in [0.717, 1.165) is 3.57 Å². The summed E-state index contributed by atoms with van der Waals surface area (Å²) >= 11 is 2.17.